The molecule has 0 aliphatic carbocycles. The first-order valence-corrected chi connectivity index (χ1v) is 6.20. The van der Waals surface area contributed by atoms with Gasteiger partial charge in [0.15, 0.2) is 0 Å². The van der Waals surface area contributed by atoms with Crippen molar-refractivity contribution in [2.45, 2.75) is 0 Å². The fraction of sp³-hybridized carbons (Fsp3) is 0. The molecule has 0 amide bonds. The maximum Gasteiger partial charge on any atom is 0.261 e. The highest BCUT2D eigenvalue weighted by molar-refractivity contribution is 6.33. The lowest BCUT2D eigenvalue weighted by atomic mass is 10.2. The van der Waals surface area contributed by atoms with Crippen LogP contribution in [0.15, 0.2) is 40.9 Å². The number of benzene rings is 2. The van der Waals surface area contributed by atoms with Crippen molar-refractivity contribution in [3.63, 3.8) is 0 Å². The van der Waals surface area contributed by atoms with Gasteiger partial charge in [-0.15, -0.1) is 0 Å². The van der Waals surface area contributed by atoms with E-state index in [9.17, 15) is 13.9 Å². The van der Waals surface area contributed by atoms with E-state index in [1.807, 2.05) is 0 Å². The summed E-state index contributed by atoms with van der Waals surface area (Å²) in [5.41, 5.74) is 0.414. The molecular weight excluding hydrogens is 302 g/mol. The fourth-order valence-corrected chi connectivity index (χ4v) is 2.04. The van der Waals surface area contributed by atoms with Crippen LogP contribution in [0.2, 0.25) is 5.02 Å². The monoisotopic (exact) mass is 308 g/mol. The van der Waals surface area contributed by atoms with Crippen LogP contribution >= 0.6 is 11.6 Å². The molecule has 0 saturated carbocycles. The Kier molecular flexibility index (Phi) is 3.31. The van der Waals surface area contributed by atoms with Crippen LogP contribution in [0.1, 0.15) is 0 Å². The highest BCUT2D eigenvalue weighted by Gasteiger charge is 2.16. The van der Waals surface area contributed by atoms with E-state index in [0.29, 0.717) is 5.56 Å². The minimum Gasteiger partial charge on any atom is -0.508 e. The molecule has 0 radical (unpaired) electrons. The molecule has 0 fully saturated rings. The van der Waals surface area contributed by atoms with Crippen LogP contribution in [0.4, 0.5) is 8.78 Å². The number of hydrogen-bond acceptors (Lipinski definition) is 4. The minimum atomic E-state index is -0.699. The molecule has 0 aliphatic rings. The minimum absolute atomic E-state index is 0.0461. The maximum absolute atomic E-state index is 13.7. The summed E-state index contributed by atoms with van der Waals surface area (Å²) in [6, 6.07) is 7.28. The van der Waals surface area contributed by atoms with Gasteiger partial charge in [-0.3, -0.25) is 0 Å². The second-order valence-electron chi connectivity index (χ2n) is 4.21. The summed E-state index contributed by atoms with van der Waals surface area (Å²) in [5, 5.41) is 13.0. The van der Waals surface area contributed by atoms with Crippen LogP contribution in [0, 0.1) is 11.6 Å². The van der Waals surface area contributed by atoms with Crippen LogP contribution in [-0.4, -0.2) is 15.2 Å². The highest BCUT2D eigenvalue weighted by atomic mass is 35.5. The first-order chi connectivity index (χ1) is 10.0. The third-order valence-electron chi connectivity index (χ3n) is 2.78. The van der Waals surface area contributed by atoms with Gasteiger partial charge in [-0.2, -0.15) is 4.98 Å². The quantitative estimate of drug-likeness (QED) is 0.776. The van der Waals surface area contributed by atoms with Crippen LogP contribution in [0.3, 0.4) is 0 Å². The maximum atomic E-state index is 13.7. The second kappa shape index (κ2) is 5.14. The summed E-state index contributed by atoms with van der Waals surface area (Å²) < 4.78 is 31.7. The van der Waals surface area contributed by atoms with Crippen LogP contribution < -0.4 is 0 Å². The summed E-state index contributed by atoms with van der Waals surface area (Å²) in [6.45, 7) is 0. The van der Waals surface area contributed by atoms with Crippen molar-refractivity contribution < 1.29 is 18.4 Å². The normalized spacial score (nSPS) is 10.8. The lowest BCUT2D eigenvalue weighted by molar-refractivity contribution is 0.428. The van der Waals surface area contributed by atoms with E-state index < -0.39 is 11.6 Å². The van der Waals surface area contributed by atoms with Crippen LogP contribution in [-0.2, 0) is 0 Å². The Morgan fingerprint density at radius 2 is 1.81 bits per heavy atom. The molecule has 2 aromatic carbocycles. The van der Waals surface area contributed by atoms with E-state index >= 15 is 0 Å². The number of phenolic OH excluding ortho intramolecular Hbond substituents is 1. The third kappa shape index (κ3) is 2.57. The van der Waals surface area contributed by atoms with Crippen molar-refractivity contribution in [3.05, 3.63) is 53.1 Å². The first kappa shape index (κ1) is 13.5. The van der Waals surface area contributed by atoms with Gasteiger partial charge in [0, 0.05) is 11.6 Å². The molecule has 3 rings (SSSR count). The zero-order valence-corrected chi connectivity index (χ0v) is 11.1. The van der Waals surface area contributed by atoms with E-state index in [-0.39, 0.29) is 28.1 Å². The zero-order valence-electron chi connectivity index (χ0n) is 10.3. The average molecular weight is 309 g/mol. The molecule has 0 bridgehead atoms. The van der Waals surface area contributed by atoms with Crippen molar-refractivity contribution in [2.75, 3.05) is 0 Å². The summed E-state index contributed by atoms with van der Waals surface area (Å²) in [4.78, 5) is 4.03. The van der Waals surface area contributed by atoms with E-state index in [0.717, 1.165) is 12.1 Å². The zero-order chi connectivity index (χ0) is 15.0. The summed E-state index contributed by atoms with van der Waals surface area (Å²) in [7, 11) is 0. The number of phenols is 1. The molecule has 0 saturated heterocycles. The molecule has 1 heterocycles. The number of halogens is 3. The fourth-order valence-electron chi connectivity index (χ4n) is 1.79. The Bertz CT molecular complexity index is 754. The van der Waals surface area contributed by atoms with Gasteiger partial charge in [-0.05, 0) is 30.3 Å². The highest BCUT2D eigenvalue weighted by Crippen LogP contribution is 2.30. The predicted octanol–water partition coefficient (Wildman–Crippen LogP) is 4.04. The Hall–Kier alpha value is -2.47. The predicted molar refractivity (Wildman–Crippen MR) is 71.8 cm³/mol. The molecule has 0 aliphatic heterocycles. The van der Waals surface area contributed by atoms with Crippen molar-refractivity contribution in [1.82, 2.24) is 10.1 Å². The van der Waals surface area contributed by atoms with Gasteiger partial charge in [-0.25, -0.2) is 8.78 Å². The molecule has 21 heavy (non-hydrogen) atoms. The third-order valence-corrected chi connectivity index (χ3v) is 3.09. The first-order valence-electron chi connectivity index (χ1n) is 5.82. The van der Waals surface area contributed by atoms with Crippen molar-refractivity contribution in [2.24, 2.45) is 0 Å². The molecule has 106 valence electrons. The molecule has 3 aromatic rings. The number of aromatic nitrogens is 2. The van der Waals surface area contributed by atoms with E-state index in [1.54, 1.807) is 0 Å². The van der Waals surface area contributed by atoms with Gasteiger partial charge in [0.2, 0.25) is 5.82 Å². The molecule has 0 spiro atoms. The largest absolute Gasteiger partial charge is 0.508 e. The van der Waals surface area contributed by atoms with Gasteiger partial charge in [0.05, 0.1) is 10.6 Å². The Labute approximate surface area is 122 Å². The summed E-state index contributed by atoms with van der Waals surface area (Å²) >= 11 is 5.90. The molecule has 1 N–H and O–H groups in total. The van der Waals surface area contributed by atoms with Gasteiger partial charge < -0.3 is 9.63 Å². The Morgan fingerprint density at radius 1 is 1.05 bits per heavy atom. The van der Waals surface area contributed by atoms with Gasteiger partial charge in [0.25, 0.3) is 5.89 Å². The van der Waals surface area contributed by atoms with E-state index in [1.165, 1.54) is 24.3 Å². The molecule has 0 atom stereocenters. The molecule has 7 heteroatoms. The van der Waals surface area contributed by atoms with Crippen molar-refractivity contribution in [1.29, 1.82) is 0 Å². The Morgan fingerprint density at radius 3 is 2.52 bits per heavy atom. The van der Waals surface area contributed by atoms with Crippen LogP contribution in [0.5, 0.6) is 5.75 Å². The van der Waals surface area contributed by atoms with E-state index in [4.69, 9.17) is 16.1 Å². The SMILES string of the molecule is Oc1ccc(-c2nc(-c3ccc(F)cc3Cl)no2)c(F)c1. The standard InChI is InChI=1S/C14H7ClF2N2O2/c15-11-5-7(16)1-3-9(11)13-18-14(21-19-13)10-4-2-8(20)6-12(10)17/h1-6,20H. The van der Waals surface area contributed by atoms with Gasteiger partial charge in [-0.1, -0.05) is 16.8 Å². The number of aromatic hydroxyl groups is 1. The number of hydrogen-bond donors (Lipinski definition) is 1. The molecule has 1 aromatic heterocycles. The van der Waals surface area contributed by atoms with Crippen molar-refractivity contribution in [3.8, 4) is 28.6 Å². The molecule has 0 unspecified atom stereocenters. The number of rotatable bonds is 2. The topological polar surface area (TPSA) is 59.2 Å². The number of nitrogens with zero attached hydrogens (tertiary/aromatic N) is 2. The molecular formula is C14H7ClF2N2O2. The average Bonchev–Trinajstić information content (AvgIpc) is 2.87. The van der Waals surface area contributed by atoms with Gasteiger partial charge >= 0.3 is 0 Å². The van der Waals surface area contributed by atoms with E-state index in [2.05, 4.69) is 10.1 Å². The lowest BCUT2D eigenvalue weighted by Crippen LogP contribution is -1.86. The van der Waals surface area contributed by atoms with Gasteiger partial charge in [0.1, 0.15) is 17.4 Å². The van der Waals surface area contributed by atoms with Crippen molar-refractivity contribution >= 4 is 11.6 Å². The summed E-state index contributed by atoms with van der Waals surface area (Å²) in [5.74, 6) is -1.35. The molecule has 4 nitrogen and oxygen atoms in total. The summed E-state index contributed by atoms with van der Waals surface area (Å²) in [6.07, 6.45) is 0. The smallest absolute Gasteiger partial charge is 0.261 e. The Balaban J connectivity index is 2.03. The lowest BCUT2D eigenvalue weighted by Gasteiger charge is -1.98. The second-order valence-corrected chi connectivity index (χ2v) is 4.62. The van der Waals surface area contributed by atoms with Crippen LogP contribution in [0.25, 0.3) is 22.8 Å².